The van der Waals surface area contributed by atoms with Crippen LogP contribution in [0, 0.1) is 6.92 Å². The number of aryl methyl sites for hydroxylation is 1. The molecule has 0 aromatic heterocycles. The summed E-state index contributed by atoms with van der Waals surface area (Å²) in [5, 5.41) is 73.3. The van der Waals surface area contributed by atoms with E-state index in [1.807, 2.05) is 0 Å². The maximum atomic E-state index is 13.1. The average Bonchev–Trinajstić information content (AvgIpc) is 2.70. The Morgan fingerprint density at radius 1 is 0.967 bits per heavy atom. The van der Waals surface area contributed by atoms with Crippen LogP contribution in [0.15, 0.2) is 30.3 Å². The third kappa shape index (κ3) is 2.68. The molecule has 0 unspecified atom stereocenters. The van der Waals surface area contributed by atoms with Crippen LogP contribution >= 0.6 is 0 Å². The minimum Gasteiger partial charge on any atom is -0.507 e. The van der Waals surface area contributed by atoms with E-state index >= 15 is 0 Å². The number of hydrogen-bond donors (Lipinski definition) is 7. The van der Waals surface area contributed by atoms with Gasteiger partial charge in [0.15, 0.2) is 0 Å². The van der Waals surface area contributed by atoms with E-state index in [-0.39, 0.29) is 22.3 Å². The van der Waals surface area contributed by atoms with Gasteiger partial charge in [-0.15, -0.1) is 0 Å². The summed E-state index contributed by atoms with van der Waals surface area (Å²) in [5.74, 6) is -1.62. The Labute approximate surface area is 171 Å². The van der Waals surface area contributed by atoms with Crippen LogP contribution < -0.4 is 0 Å². The Balaban J connectivity index is 2.03. The zero-order valence-electron chi connectivity index (χ0n) is 15.9. The number of phenols is 2. The molecule has 0 amide bonds. The van der Waals surface area contributed by atoms with Gasteiger partial charge in [0, 0.05) is 11.1 Å². The lowest BCUT2D eigenvalue weighted by Crippen LogP contribution is -2.65. The van der Waals surface area contributed by atoms with Gasteiger partial charge in [0.05, 0.1) is 17.7 Å². The zero-order chi connectivity index (χ0) is 22.0. The average molecular weight is 418 g/mol. The molecular formula is C21H22O9. The number of hydrogen-bond acceptors (Lipinski definition) is 9. The van der Waals surface area contributed by atoms with Gasteiger partial charge in [-0.05, 0) is 24.6 Å². The standard InChI is InChI=1S/C21H22O9/c1-8-5-10-15(12(24)6-8)17(26)14-9(3-2-4-11(14)23)21(10,29)20-19(28)18(27)16(25)13(7-22)30-20/h2-6,13,16,18-20,22-25,27-29H,7H2,1H3/t13-,16-,18+,19-,20-,21-/m0/s1. The first-order valence-corrected chi connectivity index (χ1v) is 9.37. The van der Waals surface area contributed by atoms with E-state index in [0.717, 1.165) is 0 Å². The summed E-state index contributed by atoms with van der Waals surface area (Å²) in [7, 11) is 0. The van der Waals surface area contributed by atoms with Crippen molar-refractivity contribution in [3.63, 3.8) is 0 Å². The van der Waals surface area contributed by atoms with Crippen molar-refractivity contribution in [1.82, 2.24) is 0 Å². The fourth-order valence-electron chi connectivity index (χ4n) is 4.43. The second-order valence-corrected chi connectivity index (χ2v) is 7.75. The van der Waals surface area contributed by atoms with Crippen molar-refractivity contribution >= 4 is 5.78 Å². The van der Waals surface area contributed by atoms with Crippen molar-refractivity contribution in [2.24, 2.45) is 0 Å². The Bertz CT molecular complexity index is 1020. The van der Waals surface area contributed by atoms with E-state index in [4.69, 9.17) is 4.74 Å². The van der Waals surface area contributed by atoms with Crippen LogP contribution in [0.2, 0.25) is 0 Å². The van der Waals surface area contributed by atoms with Gasteiger partial charge >= 0.3 is 0 Å². The molecule has 1 heterocycles. The molecule has 160 valence electrons. The monoisotopic (exact) mass is 418 g/mol. The number of rotatable bonds is 2. The lowest BCUT2D eigenvalue weighted by molar-refractivity contribution is -0.265. The number of carbonyl (C=O) groups excluding carboxylic acids is 1. The van der Waals surface area contributed by atoms with Crippen LogP contribution in [-0.2, 0) is 10.3 Å². The topological polar surface area (TPSA) is 168 Å². The summed E-state index contributed by atoms with van der Waals surface area (Å²) in [6.07, 6.45) is -8.21. The van der Waals surface area contributed by atoms with E-state index in [9.17, 15) is 40.5 Å². The van der Waals surface area contributed by atoms with Gasteiger partial charge in [-0.1, -0.05) is 18.2 Å². The zero-order valence-corrected chi connectivity index (χ0v) is 15.9. The molecule has 2 aromatic rings. The molecule has 1 saturated heterocycles. The highest BCUT2D eigenvalue weighted by Gasteiger charge is 2.57. The highest BCUT2D eigenvalue weighted by Crippen LogP contribution is 2.50. The summed E-state index contributed by atoms with van der Waals surface area (Å²) < 4.78 is 5.61. The number of ketones is 1. The number of ether oxygens (including phenoxy) is 1. The highest BCUT2D eigenvalue weighted by molar-refractivity contribution is 6.16. The van der Waals surface area contributed by atoms with Crippen LogP contribution in [0.1, 0.15) is 32.6 Å². The second kappa shape index (κ2) is 7.02. The third-order valence-electron chi connectivity index (χ3n) is 5.88. The van der Waals surface area contributed by atoms with E-state index in [2.05, 4.69) is 0 Å². The maximum absolute atomic E-state index is 13.1. The number of fused-ring (bicyclic) bond motifs is 2. The van der Waals surface area contributed by atoms with Crippen LogP contribution in [0.25, 0.3) is 0 Å². The van der Waals surface area contributed by atoms with Crippen molar-refractivity contribution in [2.75, 3.05) is 6.61 Å². The van der Waals surface area contributed by atoms with Gasteiger partial charge in [0.25, 0.3) is 0 Å². The van der Waals surface area contributed by atoms with Crippen molar-refractivity contribution in [3.05, 3.63) is 58.1 Å². The summed E-state index contributed by atoms with van der Waals surface area (Å²) in [4.78, 5) is 13.1. The summed E-state index contributed by atoms with van der Waals surface area (Å²) in [5.41, 5.74) is -2.58. The first-order chi connectivity index (χ1) is 14.1. The molecule has 0 spiro atoms. The van der Waals surface area contributed by atoms with E-state index in [0.29, 0.717) is 5.56 Å². The second-order valence-electron chi connectivity index (χ2n) is 7.75. The number of phenolic OH excluding ortho intramolecular Hbond substituents is 2. The lowest BCUT2D eigenvalue weighted by Gasteiger charge is -2.49. The van der Waals surface area contributed by atoms with Gasteiger partial charge in [0.1, 0.15) is 47.6 Å². The molecule has 0 bridgehead atoms. The third-order valence-corrected chi connectivity index (χ3v) is 5.88. The van der Waals surface area contributed by atoms with E-state index in [1.54, 1.807) is 6.92 Å². The molecule has 9 heteroatoms. The molecule has 4 rings (SSSR count). The molecule has 9 nitrogen and oxygen atoms in total. The molecule has 1 fully saturated rings. The number of aromatic hydroxyl groups is 2. The molecule has 7 N–H and O–H groups in total. The first-order valence-electron chi connectivity index (χ1n) is 9.37. The predicted molar refractivity (Wildman–Crippen MR) is 101 cm³/mol. The quantitative estimate of drug-likeness (QED) is 0.324. The van der Waals surface area contributed by atoms with Crippen molar-refractivity contribution in [3.8, 4) is 11.5 Å². The predicted octanol–water partition coefficient (Wildman–Crippen LogP) is -0.971. The van der Waals surface area contributed by atoms with Crippen LogP contribution in [-0.4, -0.2) is 78.7 Å². The number of carbonyl (C=O) groups is 1. The first kappa shape index (κ1) is 20.7. The minimum atomic E-state index is -2.31. The Morgan fingerprint density at radius 2 is 1.63 bits per heavy atom. The van der Waals surface area contributed by atoms with E-state index < -0.39 is 60.0 Å². The van der Waals surface area contributed by atoms with Gasteiger partial charge in [-0.25, -0.2) is 0 Å². The highest BCUT2D eigenvalue weighted by atomic mass is 16.6. The van der Waals surface area contributed by atoms with Crippen molar-refractivity contribution in [2.45, 2.75) is 43.0 Å². The van der Waals surface area contributed by atoms with Gasteiger partial charge < -0.3 is 40.5 Å². The number of benzene rings is 2. The summed E-state index contributed by atoms with van der Waals surface area (Å²) in [6, 6.07) is 6.73. The van der Waals surface area contributed by atoms with Gasteiger partial charge in [0.2, 0.25) is 5.78 Å². The maximum Gasteiger partial charge on any atom is 0.201 e. The molecule has 2 aliphatic rings. The van der Waals surface area contributed by atoms with Crippen LogP contribution in [0.3, 0.4) is 0 Å². The Morgan fingerprint density at radius 3 is 2.30 bits per heavy atom. The summed E-state index contributed by atoms with van der Waals surface area (Å²) in [6.45, 7) is 0.908. The van der Waals surface area contributed by atoms with Crippen LogP contribution in [0.5, 0.6) is 11.5 Å². The number of aliphatic hydroxyl groups is 5. The molecule has 0 radical (unpaired) electrons. The fourth-order valence-corrected chi connectivity index (χ4v) is 4.43. The molecule has 2 aromatic carbocycles. The molecule has 30 heavy (non-hydrogen) atoms. The molecule has 1 aliphatic carbocycles. The Hall–Kier alpha value is -2.53. The van der Waals surface area contributed by atoms with Crippen LogP contribution in [0.4, 0.5) is 0 Å². The number of aliphatic hydroxyl groups excluding tert-OH is 4. The molecular weight excluding hydrogens is 396 g/mol. The van der Waals surface area contributed by atoms with Gasteiger partial charge in [-0.2, -0.15) is 0 Å². The lowest BCUT2D eigenvalue weighted by atomic mass is 9.68. The fraction of sp³-hybridized carbons (Fsp3) is 0.381. The summed E-state index contributed by atoms with van der Waals surface area (Å²) >= 11 is 0. The SMILES string of the molecule is Cc1cc(O)c2c(c1)[C@](O)([C@H]1O[C@@H](CO)[C@H](O)[C@@H](O)[C@@H]1O)c1cccc(O)c1C2=O. The molecule has 1 aliphatic heterocycles. The minimum absolute atomic E-state index is 0.0903. The molecule has 0 saturated carbocycles. The van der Waals surface area contributed by atoms with Crippen molar-refractivity contribution in [1.29, 1.82) is 0 Å². The molecule has 6 atom stereocenters. The smallest absolute Gasteiger partial charge is 0.201 e. The van der Waals surface area contributed by atoms with Gasteiger partial charge in [-0.3, -0.25) is 4.79 Å². The van der Waals surface area contributed by atoms with E-state index in [1.165, 1.54) is 30.3 Å². The normalized spacial score (nSPS) is 33.1. The van der Waals surface area contributed by atoms with Crippen molar-refractivity contribution < 1.29 is 45.3 Å². The largest absolute Gasteiger partial charge is 0.507 e. The Kier molecular flexibility index (Phi) is 4.85.